The highest BCUT2D eigenvalue weighted by atomic mass is 19.1. The van der Waals surface area contributed by atoms with E-state index in [0.717, 1.165) is 0 Å². The van der Waals surface area contributed by atoms with Gasteiger partial charge >= 0.3 is 6.03 Å². The van der Waals surface area contributed by atoms with Crippen LogP contribution in [0, 0.1) is 17.1 Å². The number of halogens is 1. The van der Waals surface area contributed by atoms with E-state index in [1.807, 2.05) is 33.2 Å². The van der Waals surface area contributed by atoms with Crippen LogP contribution in [0.2, 0.25) is 0 Å². The van der Waals surface area contributed by atoms with Gasteiger partial charge in [-0.25, -0.2) is 9.18 Å². The van der Waals surface area contributed by atoms with Gasteiger partial charge in [0, 0.05) is 49.4 Å². The van der Waals surface area contributed by atoms with Crippen LogP contribution in [0.4, 0.5) is 20.6 Å². The van der Waals surface area contributed by atoms with Gasteiger partial charge in [-0.05, 0) is 50.2 Å². The molecule has 0 aliphatic rings. The minimum atomic E-state index is -0.675. The third-order valence-corrected chi connectivity index (χ3v) is 5.91. The van der Waals surface area contributed by atoms with E-state index >= 15 is 0 Å². The first-order chi connectivity index (χ1) is 19.3. The fourth-order valence-electron chi connectivity index (χ4n) is 3.94. The van der Waals surface area contributed by atoms with E-state index in [4.69, 9.17) is 4.74 Å². The predicted octanol–water partition coefficient (Wildman–Crippen LogP) is 6.37. The Labute approximate surface area is 229 Å². The molecule has 0 unspecified atom stereocenters. The molecule has 5 aromatic rings. The van der Waals surface area contributed by atoms with Gasteiger partial charge in [-0.3, -0.25) is 14.3 Å². The molecule has 200 valence electrons. The smallest absolute Gasteiger partial charge is 0.323 e. The van der Waals surface area contributed by atoms with Gasteiger partial charge in [-0.2, -0.15) is 15.5 Å². The number of nitrogens with zero attached hydrogens (tertiary/aromatic N) is 6. The summed E-state index contributed by atoms with van der Waals surface area (Å²) in [4.78, 5) is 17.1. The highest BCUT2D eigenvalue weighted by Gasteiger charge is 2.17. The quantitative estimate of drug-likeness (QED) is 0.249. The molecule has 10 nitrogen and oxygen atoms in total. The number of nitrogens with one attached hydrogen (secondary N) is 2. The lowest BCUT2D eigenvalue weighted by molar-refractivity contribution is 0.262. The zero-order valence-electron chi connectivity index (χ0n) is 22.0. The summed E-state index contributed by atoms with van der Waals surface area (Å²) in [5, 5.41) is 23.4. The van der Waals surface area contributed by atoms with Gasteiger partial charge in [-0.15, -0.1) is 0 Å². The highest BCUT2D eigenvalue weighted by molar-refractivity contribution is 6.02. The molecular formula is C29H25FN8O2. The monoisotopic (exact) mass is 536 g/mol. The summed E-state index contributed by atoms with van der Waals surface area (Å²) in [5.74, 6) is 0.0367. The van der Waals surface area contributed by atoms with E-state index in [0.29, 0.717) is 39.6 Å². The zero-order valence-corrected chi connectivity index (χ0v) is 22.0. The molecule has 2 amide bonds. The number of amides is 2. The second-order valence-electron chi connectivity index (χ2n) is 9.23. The van der Waals surface area contributed by atoms with Gasteiger partial charge in [-0.1, -0.05) is 12.1 Å². The lowest BCUT2D eigenvalue weighted by Crippen LogP contribution is -2.20. The van der Waals surface area contributed by atoms with Crippen molar-refractivity contribution in [1.82, 2.24) is 24.5 Å². The van der Waals surface area contributed by atoms with Crippen LogP contribution < -0.4 is 15.4 Å². The Morgan fingerprint density at radius 1 is 1.00 bits per heavy atom. The fourth-order valence-corrected chi connectivity index (χ4v) is 3.94. The van der Waals surface area contributed by atoms with Crippen molar-refractivity contribution in [2.24, 2.45) is 7.05 Å². The standard InChI is InChI=1S/C29H25FN8O2/c1-18(2)38-17-27(28(36-38)20-6-4-5-19(13-20)16-31)34-29(39)33-24-8-7-21(14-23(24)30)40-22-9-11-32-26(15-22)25-10-12-37(3)35-25/h4-15,17-18H,1-3H3,(H2,33,34,39). The summed E-state index contributed by atoms with van der Waals surface area (Å²) < 4.78 is 24.1. The maximum absolute atomic E-state index is 14.9. The van der Waals surface area contributed by atoms with Crippen molar-refractivity contribution in [2.75, 3.05) is 10.6 Å². The molecule has 11 heteroatoms. The number of aryl methyl sites for hydroxylation is 1. The van der Waals surface area contributed by atoms with Gasteiger partial charge in [0.25, 0.3) is 0 Å². The minimum absolute atomic E-state index is 0.0296. The first kappa shape index (κ1) is 26.1. The van der Waals surface area contributed by atoms with Gasteiger partial charge in [0.15, 0.2) is 0 Å². The van der Waals surface area contributed by atoms with E-state index in [1.54, 1.807) is 64.2 Å². The van der Waals surface area contributed by atoms with Crippen molar-refractivity contribution in [3.63, 3.8) is 0 Å². The average molecular weight is 537 g/mol. The molecule has 0 saturated heterocycles. The minimum Gasteiger partial charge on any atom is -0.457 e. The van der Waals surface area contributed by atoms with Crippen LogP contribution in [0.5, 0.6) is 11.5 Å². The molecule has 5 rings (SSSR count). The van der Waals surface area contributed by atoms with E-state index in [2.05, 4.69) is 31.9 Å². The number of pyridine rings is 1. The number of rotatable bonds is 7. The third-order valence-electron chi connectivity index (χ3n) is 5.91. The van der Waals surface area contributed by atoms with Crippen molar-refractivity contribution >= 4 is 17.4 Å². The molecule has 40 heavy (non-hydrogen) atoms. The maximum atomic E-state index is 14.9. The normalized spacial score (nSPS) is 10.8. The predicted molar refractivity (Wildman–Crippen MR) is 148 cm³/mol. The zero-order chi connectivity index (χ0) is 28.2. The van der Waals surface area contributed by atoms with Crippen LogP contribution in [-0.4, -0.2) is 30.6 Å². The number of aromatic nitrogens is 5. The second-order valence-corrected chi connectivity index (χ2v) is 9.23. The number of hydrogen-bond acceptors (Lipinski definition) is 6. The molecule has 0 radical (unpaired) electrons. The Balaban J connectivity index is 1.30. The van der Waals surface area contributed by atoms with Crippen molar-refractivity contribution in [2.45, 2.75) is 19.9 Å². The van der Waals surface area contributed by atoms with Crippen LogP contribution in [0.3, 0.4) is 0 Å². The maximum Gasteiger partial charge on any atom is 0.323 e. The number of benzene rings is 2. The van der Waals surface area contributed by atoms with E-state index in [9.17, 15) is 14.4 Å². The second kappa shape index (κ2) is 11.1. The van der Waals surface area contributed by atoms with Crippen LogP contribution in [0.25, 0.3) is 22.6 Å². The first-order valence-electron chi connectivity index (χ1n) is 12.4. The van der Waals surface area contributed by atoms with Gasteiger partial charge in [0.2, 0.25) is 0 Å². The molecule has 2 aromatic carbocycles. The Hall–Kier alpha value is -5.50. The first-order valence-corrected chi connectivity index (χ1v) is 12.4. The highest BCUT2D eigenvalue weighted by Crippen LogP contribution is 2.30. The fraction of sp³-hybridized carbons (Fsp3) is 0.138. The molecule has 0 aliphatic carbocycles. The summed E-state index contributed by atoms with van der Waals surface area (Å²) in [6, 6.07) is 17.8. The number of anilines is 2. The molecule has 0 atom stereocenters. The third kappa shape index (κ3) is 5.81. The molecule has 0 saturated carbocycles. The number of nitriles is 1. The number of carbonyl (C=O) groups excluding carboxylic acids is 1. The summed E-state index contributed by atoms with van der Waals surface area (Å²) >= 11 is 0. The summed E-state index contributed by atoms with van der Waals surface area (Å²) in [6.07, 6.45) is 5.09. The van der Waals surface area contributed by atoms with Crippen molar-refractivity contribution in [1.29, 1.82) is 5.26 Å². The summed E-state index contributed by atoms with van der Waals surface area (Å²) in [5.41, 5.74) is 3.33. The molecule has 0 fully saturated rings. The SMILES string of the molecule is CC(C)n1cc(NC(=O)Nc2ccc(Oc3ccnc(-c4ccn(C)n4)c3)cc2F)c(-c2cccc(C#N)c2)n1. The van der Waals surface area contributed by atoms with Crippen molar-refractivity contribution in [3.8, 4) is 40.2 Å². The van der Waals surface area contributed by atoms with Crippen molar-refractivity contribution < 1.29 is 13.9 Å². The summed E-state index contributed by atoms with van der Waals surface area (Å²) in [7, 11) is 1.81. The van der Waals surface area contributed by atoms with E-state index in [1.165, 1.54) is 12.1 Å². The largest absolute Gasteiger partial charge is 0.457 e. The number of urea groups is 1. The average Bonchev–Trinajstić information content (AvgIpc) is 3.57. The molecular weight excluding hydrogens is 511 g/mol. The van der Waals surface area contributed by atoms with Crippen LogP contribution in [0.15, 0.2) is 79.3 Å². The molecule has 0 aliphatic heterocycles. The lowest BCUT2D eigenvalue weighted by Gasteiger charge is -2.11. The van der Waals surface area contributed by atoms with E-state index < -0.39 is 11.8 Å². The van der Waals surface area contributed by atoms with Crippen molar-refractivity contribution in [3.05, 3.63) is 90.6 Å². The topological polar surface area (TPSA) is 123 Å². The Morgan fingerprint density at radius 2 is 1.80 bits per heavy atom. The van der Waals surface area contributed by atoms with Crippen LogP contribution in [-0.2, 0) is 7.05 Å². The van der Waals surface area contributed by atoms with Crippen LogP contribution in [0.1, 0.15) is 25.5 Å². The Morgan fingerprint density at radius 3 is 2.52 bits per heavy atom. The number of hydrogen-bond donors (Lipinski definition) is 2. The lowest BCUT2D eigenvalue weighted by atomic mass is 10.1. The molecule has 3 aromatic heterocycles. The molecule has 0 spiro atoms. The number of ether oxygens (including phenoxy) is 1. The Kier molecular flexibility index (Phi) is 7.24. The van der Waals surface area contributed by atoms with Gasteiger partial charge < -0.3 is 15.4 Å². The molecule has 3 heterocycles. The number of carbonyl (C=O) groups is 1. The van der Waals surface area contributed by atoms with E-state index in [-0.39, 0.29) is 17.5 Å². The molecule has 2 N–H and O–H groups in total. The summed E-state index contributed by atoms with van der Waals surface area (Å²) in [6.45, 7) is 3.91. The Bertz CT molecular complexity index is 1730. The van der Waals surface area contributed by atoms with Crippen LogP contribution >= 0.6 is 0 Å². The molecule has 0 bridgehead atoms. The van der Waals surface area contributed by atoms with Gasteiger partial charge in [0.05, 0.1) is 28.7 Å². The van der Waals surface area contributed by atoms with Gasteiger partial charge in [0.1, 0.15) is 28.7 Å².